The summed E-state index contributed by atoms with van der Waals surface area (Å²) in [6, 6.07) is 0. The Bertz CT molecular complexity index is 1510. The predicted octanol–water partition coefficient (Wildman–Crippen LogP) is -2.42. The number of phosphoric acid groups is 3. The molecule has 0 spiro atoms. The van der Waals surface area contributed by atoms with Crippen LogP contribution in [0.2, 0.25) is 0 Å². The van der Waals surface area contributed by atoms with E-state index >= 15 is 0 Å². The summed E-state index contributed by atoms with van der Waals surface area (Å²) in [7, 11) is -17.8. The molecular weight excluding hydrogens is 629 g/mol. The van der Waals surface area contributed by atoms with Crippen molar-refractivity contribution in [2.24, 2.45) is 0 Å². The van der Waals surface area contributed by atoms with Crippen LogP contribution in [0.25, 0.3) is 11.2 Å². The minimum atomic E-state index is -6.06. The van der Waals surface area contributed by atoms with Crippen molar-refractivity contribution in [2.45, 2.75) is 23.8 Å². The summed E-state index contributed by atoms with van der Waals surface area (Å²) >= 11 is 0. The number of rotatable bonds is 12. The molecule has 0 amide bonds. The zero-order valence-electron chi connectivity index (χ0n) is 18.5. The molecule has 2 aromatic rings. The number of nitro groups is 2. The molecule has 30 heteroatoms. The van der Waals surface area contributed by atoms with Gasteiger partial charge in [0, 0.05) is 0 Å². The number of fused-ring (bicyclic) bond motifs is 1. The summed E-state index contributed by atoms with van der Waals surface area (Å²) < 4.78 is 50.5. The van der Waals surface area contributed by atoms with Crippen LogP contribution in [-0.4, -0.2) is 83.7 Å². The van der Waals surface area contributed by atoms with Gasteiger partial charge in [-0.15, -0.1) is 10.1 Å². The number of nitrogen functional groups attached to an aromatic ring is 1. The lowest BCUT2D eigenvalue weighted by atomic mass is 10.0. The highest BCUT2D eigenvalue weighted by Gasteiger charge is 2.89. The van der Waals surface area contributed by atoms with Crippen LogP contribution in [-0.2, 0) is 42.3 Å². The highest BCUT2D eigenvalue weighted by atomic mass is 31.3. The molecule has 0 saturated carbocycles. The molecule has 0 bridgehead atoms. The van der Waals surface area contributed by atoms with Gasteiger partial charge in [0.1, 0.15) is 18.8 Å². The monoisotopic (exact) mass is 642 g/mol. The lowest BCUT2D eigenvalue weighted by molar-refractivity contribution is -0.898. The number of nitrogens with zero attached hydrogens (tertiary/aromatic N) is 7. The van der Waals surface area contributed by atoms with Crippen molar-refractivity contribution in [1.82, 2.24) is 19.5 Å². The molecule has 0 aliphatic carbocycles. The first-order chi connectivity index (χ1) is 18.2. The van der Waals surface area contributed by atoms with Gasteiger partial charge in [-0.1, -0.05) is 0 Å². The number of anilines is 1. The van der Waals surface area contributed by atoms with Gasteiger partial charge in [0.05, 0.1) is 16.5 Å². The summed E-state index contributed by atoms with van der Waals surface area (Å²) in [5.74, 6) is -4.45. The average molecular weight is 642 g/mol. The van der Waals surface area contributed by atoms with E-state index < -0.39 is 85.8 Å². The third-order valence-electron chi connectivity index (χ3n) is 4.77. The van der Waals surface area contributed by atoms with Crippen molar-refractivity contribution in [3.05, 3.63) is 43.0 Å². The van der Waals surface area contributed by atoms with Gasteiger partial charge in [0.25, 0.3) is 0 Å². The average Bonchev–Trinajstić information content (AvgIpc) is 3.29. The molecule has 2 aromatic heterocycles. The van der Waals surface area contributed by atoms with Gasteiger partial charge in [-0.25, -0.2) is 38.1 Å². The Hall–Kier alpha value is -3.32. The Balaban J connectivity index is 2.12. The molecule has 27 nitrogen and oxygen atoms in total. The molecule has 0 radical (unpaired) electrons. The van der Waals surface area contributed by atoms with Crippen molar-refractivity contribution in [1.29, 1.82) is 0 Å². The number of imidazole rings is 1. The molecule has 222 valence electrons. The largest absolute Gasteiger partial charge is 0.515 e. The molecule has 3 rings (SSSR count). The second-order valence-electron chi connectivity index (χ2n) is 7.17. The topological polar surface area (TPSA) is 398 Å². The van der Waals surface area contributed by atoms with Crippen molar-refractivity contribution in [3.63, 3.8) is 0 Å². The van der Waals surface area contributed by atoms with E-state index in [0.29, 0.717) is 12.7 Å². The summed E-state index contributed by atoms with van der Waals surface area (Å²) in [6.07, 6.45) is -4.62. The molecule has 1 fully saturated rings. The van der Waals surface area contributed by atoms with Gasteiger partial charge in [-0.3, -0.25) is 29.5 Å². The minimum absolute atomic E-state index is 0.0979. The standard InChI is InChI=1S/C10H13N8O19P3/c11-7-5-8(13-2-12-7)15(3-14-5)10(17(22)23)9(16(20)21,35-18(24)25)6(19)4(34-10)1-33-39(29,30)37-40(31,32)36-38(26,27)28/h2-4,6,19H,1H2,(H,29,30)(H,31,32)(H2,11,12,13)(H2,26,27,28)/t4-,6-,9-,10-/m1/s1. The van der Waals surface area contributed by atoms with Gasteiger partial charge in [0.2, 0.25) is 0 Å². The molecule has 6 atom stereocenters. The molecule has 40 heavy (non-hydrogen) atoms. The van der Waals surface area contributed by atoms with Crippen LogP contribution in [0.15, 0.2) is 12.7 Å². The van der Waals surface area contributed by atoms with Gasteiger partial charge in [-0.05, 0) is 0 Å². The van der Waals surface area contributed by atoms with Crippen LogP contribution in [0, 0.1) is 30.3 Å². The number of aliphatic hydroxyl groups excluding tert-OH is 1. The molecule has 0 aromatic carbocycles. The number of phosphoric ester groups is 1. The maximum Gasteiger partial charge on any atom is 0.515 e. The first-order valence-corrected chi connectivity index (χ1v) is 13.9. The van der Waals surface area contributed by atoms with E-state index in [1.54, 1.807) is 0 Å². The fourth-order valence-corrected chi connectivity index (χ4v) is 6.48. The van der Waals surface area contributed by atoms with Gasteiger partial charge in [-0.2, -0.15) is 8.62 Å². The number of aromatic nitrogens is 4. The van der Waals surface area contributed by atoms with Crippen molar-refractivity contribution >= 4 is 40.4 Å². The van der Waals surface area contributed by atoms with Crippen LogP contribution >= 0.6 is 23.5 Å². The quantitative estimate of drug-likeness (QED) is 0.0607. The Morgan fingerprint density at radius 1 is 1.02 bits per heavy atom. The Morgan fingerprint density at radius 2 is 1.65 bits per heavy atom. The summed E-state index contributed by atoms with van der Waals surface area (Å²) in [5.41, 5.74) is 0.160. The highest BCUT2D eigenvalue weighted by Crippen LogP contribution is 2.66. The Kier molecular flexibility index (Phi) is 8.00. The zero-order chi connectivity index (χ0) is 30.5. The summed E-state index contributed by atoms with van der Waals surface area (Å²) in [4.78, 5) is 83.0. The molecule has 1 aliphatic heterocycles. The third kappa shape index (κ3) is 5.49. The van der Waals surface area contributed by atoms with Crippen LogP contribution in [0.4, 0.5) is 5.82 Å². The Labute approximate surface area is 215 Å². The normalized spacial score (nSPS) is 28.0. The maximum absolute atomic E-state index is 12.4. The van der Waals surface area contributed by atoms with E-state index in [1.165, 1.54) is 0 Å². The number of hydrogen-bond acceptors (Lipinski definition) is 19. The van der Waals surface area contributed by atoms with E-state index in [4.69, 9.17) is 20.3 Å². The second kappa shape index (κ2) is 10.3. The van der Waals surface area contributed by atoms with Crippen LogP contribution < -0.4 is 5.73 Å². The second-order valence-corrected chi connectivity index (χ2v) is 11.6. The number of ether oxygens (including phenoxy) is 1. The maximum atomic E-state index is 12.4. The van der Waals surface area contributed by atoms with Crippen LogP contribution in [0.5, 0.6) is 0 Å². The van der Waals surface area contributed by atoms with Gasteiger partial charge in [0.15, 0.2) is 23.1 Å². The predicted molar refractivity (Wildman–Crippen MR) is 113 cm³/mol. The molecule has 3 heterocycles. The third-order valence-corrected chi connectivity index (χ3v) is 8.58. The molecular formula is C10H13N8O19P3. The molecule has 2 unspecified atom stereocenters. The smallest absolute Gasteiger partial charge is 0.382 e. The van der Waals surface area contributed by atoms with Crippen molar-refractivity contribution in [3.8, 4) is 0 Å². The van der Waals surface area contributed by atoms with Crippen LogP contribution in [0.3, 0.4) is 0 Å². The SMILES string of the molecule is Nc1ncnc2c1ncn2[C@]1([N+](=O)[O-])O[C@H](COP(=O)(O)OP(=O)(O)OP(=O)(O)O)[C@@H](O)[C@]1(O[N+](=O)[O-])[N+](=O)[O-]. The lowest BCUT2D eigenvalue weighted by Gasteiger charge is -2.29. The Morgan fingerprint density at radius 3 is 2.17 bits per heavy atom. The zero-order valence-corrected chi connectivity index (χ0v) is 21.2. The van der Waals surface area contributed by atoms with E-state index in [-0.39, 0.29) is 4.57 Å². The minimum Gasteiger partial charge on any atom is -0.382 e. The summed E-state index contributed by atoms with van der Waals surface area (Å²) in [6.45, 7) is -1.74. The van der Waals surface area contributed by atoms with E-state index in [9.17, 15) is 58.9 Å². The molecule has 1 saturated heterocycles. The molecule has 7 N–H and O–H groups in total. The number of aliphatic hydroxyl groups is 1. The summed E-state index contributed by atoms with van der Waals surface area (Å²) in [5, 5.41) is 44.6. The van der Waals surface area contributed by atoms with Crippen molar-refractivity contribution in [2.75, 3.05) is 12.3 Å². The van der Waals surface area contributed by atoms with E-state index in [2.05, 4.69) is 32.9 Å². The molecule has 1 aliphatic rings. The van der Waals surface area contributed by atoms with E-state index in [1.807, 2.05) is 0 Å². The fraction of sp³-hybridized carbons (Fsp3) is 0.500. The van der Waals surface area contributed by atoms with Gasteiger partial charge < -0.3 is 30.4 Å². The number of hydrogen-bond donors (Lipinski definition) is 6. The van der Waals surface area contributed by atoms with E-state index in [0.717, 1.165) is 0 Å². The fourth-order valence-electron chi connectivity index (χ4n) is 3.45. The first kappa shape index (κ1) is 31.2. The lowest BCUT2D eigenvalue weighted by Crippen LogP contribution is -2.68. The van der Waals surface area contributed by atoms with Gasteiger partial charge >= 0.3 is 40.1 Å². The van der Waals surface area contributed by atoms with Crippen LogP contribution in [0.1, 0.15) is 0 Å². The number of nitrogens with two attached hydrogens (primary N) is 1. The van der Waals surface area contributed by atoms with Crippen molar-refractivity contribution < 1.29 is 76.0 Å². The first-order valence-electron chi connectivity index (χ1n) is 9.40. The highest BCUT2D eigenvalue weighted by molar-refractivity contribution is 7.66.